The average Bonchev–Trinajstić information content (AvgIpc) is 3.06. The van der Waals surface area contributed by atoms with Gasteiger partial charge in [0.1, 0.15) is 0 Å². The van der Waals surface area contributed by atoms with E-state index in [2.05, 4.69) is 83.9 Å². The number of amides is 1. The van der Waals surface area contributed by atoms with Crippen LogP contribution in [0.15, 0.2) is 84.9 Å². The highest BCUT2D eigenvalue weighted by atomic mass is 16.1. The number of nitrogens with one attached hydrogen (secondary N) is 1. The van der Waals surface area contributed by atoms with Crippen LogP contribution in [0.4, 0.5) is 0 Å². The molecular weight excluding hydrogens is 392 g/mol. The van der Waals surface area contributed by atoms with Crippen LogP contribution in [0.1, 0.15) is 53.2 Å². The van der Waals surface area contributed by atoms with Gasteiger partial charge in [-0.3, -0.25) is 9.69 Å². The summed E-state index contributed by atoms with van der Waals surface area (Å²) < 4.78 is 0. The molecule has 166 valence electrons. The van der Waals surface area contributed by atoms with Gasteiger partial charge in [0, 0.05) is 24.1 Å². The highest BCUT2D eigenvalue weighted by Gasteiger charge is 2.35. The lowest BCUT2D eigenvalue weighted by Crippen LogP contribution is -2.42. The molecule has 0 aliphatic carbocycles. The molecule has 0 spiro atoms. The molecule has 1 aliphatic heterocycles. The van der Waals surface area contributed by atoms with Gasteiger partial charge in [-0.25, -0.2) is 0 Å². The summed E-state index contributed by atoms with van der Waals surface area (Å²) in [4.78, 5) is 15.7. The molecule has 1 amide bonds. The van der Waals surface area contributed by atoms with E-state index in [9.17, 15) is 4.79 Å². The maximum Gasteiger partial charge on any atom is 0.251 e. The lowest BCUT2D eigenvalue weighted by molar-refractivity contribution is 0.0939. The molecule has 1 N–H and O–H groups in total. The summed E-state index contributed by atoms with van der Waals surface area (Å²) in [5.74, 6) is 0.0446. The van der Waals surface area contributed by atoms with Gasteiger partial charge < -0.3 is 5.32 Å². The number of nitrogens with zero attached hydrogens (tertiary/aromatic N) is 1. The summed E-state index contributed by atoms with van der Waals surface area (Å²) in [6.07, 6.45) is 4.11. The third kappa shape index (κ3) is 5.28. The van der Waals surface area contributed by atoms with E-state index in [0.29, 0.717) is 6.54 Å². The summed E-state index contributed by atoms with van der Waals surface area (Å²) in [7, 11) is 0. The zero-order valence-corrected chi connectivity index (χ0v) is 19.1. The van der Waals surface area contributed by atoms with Crippen LogP contribution < -0.4 is 5.32 Å². The maximum absolute atomic E-state index is 13.1. The van der Waals surface area contributed by atoms with Gasteiger partial charge >= 0.3 is 0 Å². The number of carbonyl (C=O) groups is 1. The predicted octanol–water partition coefficient (Wildman–Crippen LogP) is 5.60. The van der Waals surface area contributed by atoms with Crippen LogP contribution in [0.2, 0.25) is 0 Å². The first-order valence-corrected chi connectivity index (χ1v) is 11.9. The van der Waals surface area contributed by atoms with Gasteiger partial charge in [-0.2, -0.15) is 0 Å². The molecule has 0 radical (unpaired) electrons. The van der Waals surface area contributed by atoms with Crippen LogP contribution in [-0.2, 0) is 18.4 Å². The molecule has 0 saturated carbocycles. The fourth-order valence-electron chi connectivity index (χ4n) is 5.00. The maximum atomic E-state index is 13.1. The van der Waals surface area contributed by atoms with E-state index in [0.717, 1.165) is 56.4 Å². The van der Waals surface area contributed by atoms with E-state index >= 15 is 0 Å². The Morgan fingerprint density at radius 1 is 0.875 bits per heavy atom. The standard InChI is InChI=1S/C29H34N2O/c1-2-25-14-9-10-17-27(25)28(32)30-23-29(26-15-7-4-8-16-26)18-11-20-31(21-19-29)22-24-12-5-3-6-13-24/h3-10,12-17H,2,11,18-23H2,1H3,(H,30,32). The van der Waals surface area contributed by atoms with E-state index in [-0.39, 0.29) is 11.3 Å². The van der Waals surface area contributed by atoms with Crippen LogP contribution in [0, 0.1) is 0 Å². The zero-order chi connectivity index (χ0) is 22.2. The first kappa shape index (κ1) is 22.3. The molecule has 32 heavy (non-hydrogen) atoms. The minimum Gasteiger partial charge on any atom is -0.351 e. The third-order valence-corrected chi connectivity index (χ3v) is 6.90. The van der Waals surface area contributed by atoms with Crippen LogP contribution in [0.5, 0.6) is 0 Å². The molecule has 1 aliphatic rings. The Balaban J connectivity index is 1.51. The molecule has 3 aromatic carbocycles. The van der Waals surface area contributed by atoms with Crippen LogP contribution in [0.25, 0.3) is 0 Å². The van der Waals surface area contributed by atoms with E-state index in [1.807, 2.05) is 18.2 Å². The topological polar surface area (TPSA) is 32.3 Å². The Morgan fingerprint density at radius 2 is 1.56 bits per heavy atom. The van der Waals surface area contributed by atoms with Gasteiger partial charge in [0.05, 0.1) is 0 Å². The van der Waals surface area contributed by atoms with Crippen LogP contribution in [-0.4, -0.2) is 30.4 Å². The minimum atomic E-state index is -0.0382. The average molecular weight is 427 g/mol. The van der Waals surface area contributed by atoms with Crippen molar-refractivity contribution in [3.63, 3.8) is 0 Å². The highest BCUT2D eigenvalue weighted by molar-refractivity contribution is 5.95. The second kappa shape index (κ2) is 10.6. The quantitative estimate of drug-likeness (QED) is 0.533. The monoisotopic (exact) mass is 426 g/mol. The van der Waals surface area contributed by atoms with Gasteiger partial charge in [0.15, 0.2) is 0 Å². The largest absolute Gasteiger partial charge is 0.351 e. The van der Waals surface area contributed by atoms with Crippen molar-refractivity contribution in [2.75, 3.05) is 19.6 Å². The Kier molecular flexibility index (Phi) is 7.39. The van der Waals surface area contributed by atoms with E-state index < -0.39 is 0 Å². The van der Waals surface area contributed by atoms with Gasteiger partial charge in [-0.1, -0.05) is 85.8 Å². The van der Waals surface area contributed by atoms with Gasteiger partial charge in [0.2, 0.25) is 0 Å². The predicted molar refractivity (Wildman–Crippen MR) is 132 cm³/mol. The molecule has 3 nitrogen and oxygen atoms in total. The fourth-order valence-corrected chi connectivity index (χ4v) is 5.00. The summed E-state index contributed by atoms with van der Waals surface area (Å²) in [5, 5.41) is 3.32. The van der Waals surface area contributed by atoms with Crippen molar-refractivity contribution in [3.05, 3.63) is 107 Å². The Labute approximate surface area is 192 Å². The van der Waals surface area contributed by atoms with E-state index in [1.165, 1.54) is 11.1 Å². The number of benzene rings is 3. The first-order chi connectivity index (χ1) is 15.7. The van der Waals surface area contributed by atoms with E-state index in [4.69, 9.17) is 0 Å². The Morgan fingerprint density at radius 3 is 2.31 bits per heavy atom. The molecule has 1 fully saturated rings. The molecule has 1 heterocycles. The first-order valence-electron chi connectivity index (χ1n) is 11.9. The van der Waals surface area contributed by atoms with Crippen molar-refractivity contribution in [2.45, 2.75) is 44.6 Å². The van der Waals surface area contributed by atoms with Crippen molar-refractivity contribution >= 4 is 5.91 Å². The summed E-state index contributed by atoms with van der Waals surface area (Å²) in [6.45, 7) is 5.89. The smallest absolute Gasteiger partial charge is 0.251 e. The molecular formula is C29H34N2O. The minimum absolute atomic E-state index is 0.0382. The second-order valence-corrected chi connectivity index (χ2v) is 8.96. The fraction of sp³-hybridized carbons (Fsp3) is 0.345. The van der Waals surface area contributed by atoms with Gasteiger partial charge in [-0.05, 0) is 61.5 Å². The summed E-state index contributed by atoms with van der Waals surface area (Å²) in [5.41, 5.74) is 4.57. The summed E-state index contributed by atoms with van der Waals surface area (Å²) in [6, 6.07) is 29.5. The van der Waals surface area contributed by atoms with Crippen molar-refractivity contribution < 1.29 is 4.79 Å². The van der Waals surface area contributed by atoms with Crippen molar-refractivity contribution in [1.82, 2.24) is 10.2 Å². The number of rotatable bonds is 7. The van der Waals surface area contributed by atoms with Crippen molar-refractivity contribution in [1.29, 1.82) is 0 Å². The SMILES string of the molecule is CCc1ccccc1C(=O)NCC1(c2ccccc2)CCCN(Cc2ccccc2)CC1. The van der Waals surface area contributed by atoms with Crippen LogP contribution in [0.3, 0.4) is 0 Å². The van der Waals surface area contributed by atoms with Crippen LogP contribution >= 0.6 is 0 Å². The molecule has 1 unspecified atom stereocenters. The molecule has 4 rings (SSSR count). The Bertz CT molecular complexity index is 1000. The Hall–Kier alpha value is -2.91. The number of hydrogen-bond donors (Lipinski definition) is 1. The molecule has 3 heteroatoms. The molecule has 0 aromatic heterocycles. The molecule has 1 saturated heterocycles. The normalized spacial score (nSPS) is 19.3. The van der Waals surface area contributed by atoms with E-state index in [1.54, 1.807) is 0 Å². The molecule has 3 aromatic rings. The molecule has 1 atom stereocenters. The lowest BCUT2D eigenvalue weighted by atomic mass is 9.74. The number of hydrogen-bond acceptors (Lipinski definition) is 2. The van der Waals surface area contributed by atoms with Crippen molar-refractivity contribution in [2.24, 2.45) is 0 Å². The number of aryl methyl sites for hydroxylation is 1. The highest BCUT2D eigenvalue weighted by Crippen LogP contribution is 2.35. The number of likely N-dealkylation sites (tertiary alicyclic amines) is 1. The number of carbonyl (C=O) groups excluding carboxylic acids is 1. The third-order valence-electron chi connectivity index (χ3n) is 6.90. The summed E-state index contributed by atoms with van der Waals surface area (Å²) >= 11 is 0. The van der Waals surface area contributed by atoms with Gasteiger partial charge in [0.25, 0.3) is 5.91 Å². The lowest BCUT2D eigenvalue weighted by Gasteiger charge is -2.34. The second-order valence-electron chi connectivity index (χ2n) is 8.96. The van der Waals surface area contributed by atoms with Crippen molar-refractivity contribution in [3.8, 4) is 0 Å². The molecule has 0 bridgehead atoms. The zero-order valence-electron chi connectivity index (χ0n) is 19.1. The van der Waals surface area contributed by atoms with Gasteiger partial charge in [-0.15, -0.1) is 0 Å².